The van der Waals surface area contributed by atoms with Crippen LogP contribution in [0.15, 0.2) is 69.9 Å². The lowest BCUT2D eigenvalue weighted by molar-refractivity contribution is 0.102. The monoisotopic (exact) mass is 345 g/mol. The van der Waals surface area contributed by atoms with Gasteiger partial charge < -0.3 is 14.7 Å². The predicted octanol–water partition coefficient (Wildman–Crippen LogP) is 3.74. The van der Waals surface area contributed by atoms with Gasteiger partial charge >= 0.3 is 0 Å². The number of aromatic nitrogens is 2. The zero-order chi connectivity index (χ0) is 18.1. The van der Waals surface area contributed by atoms with Gasteiger partial charge in [-0.05, 0) is 36.8 Å². The van der Waals surface area contributed by atoms with Gasteiger partial charge in [0.2, 0.25) is 11.4 Å². The third kappa shape index (κ3) is 3.00. The molecule has 1 amide bonds. The minimum Gasteiger partial charge on any atom is -0.436 e. The molecule has 0 radical (unpaired) electrons. The number of hydrogen-bond acceptors (Lipinski definition) is 4. The van der Waals surface area contributed by atoms with Gasteiger partial charge in [0, 0.05) is 23.4 Å². The Balaban J connectivity index is 1.65. The van der Waals surface area contributed by atoms with Gasteiger partial charge in [0.25, 0.3) is 5.91 Å². The van der Waals surface area contributed by atoms with Crippen LogP contribution >= 0.6 is 0 Å². The first-order chi connectivity index (χ1) is 12.6. The summed E-state index contributed by atoms with van der Waals surface area (Å²) in [4.78, 5) is 30.6. The van der Waals surface area contributed by atoms with Crippen LogP contribution in [0.1, 0.15) is 16.1 Å². The highest BCUT2D eigenvalue weighted by atomic mass is 16.3. The topological polar surface area (TPSA) is 88.0 Å². The van der Waals surface area contributed by atoms with Crippen LogP contribution in [0.4, 0.5) is 5.69 Å². The molecule has 0 fully saturated rings. The molecule has 0 atom stereocenters. The maximum absolute atomic E-state index is 12.2. The van der Waals surface area contributed by atoms with Crippen molar-refractivity contribution >= 4 is 22.7 Å². The Morgan fingerprint density at radius 3 is 2.73 bits per heavy atom. The number of anilines is 1. The summed E-state index contributed by atoms with van der Waals surface area (Å²) >= 11 is 0. The number of carbonyl (C=O) groups is 1. The minimum absolute atomic E-state index is 0.191. The average molecular weight is 345 g/mol. The van der Waals surface area contributed by atoms with Gasteiger partial charge in [0.1, 0.15) is 11.2 Å². The first kappa shape index (κ1) is 15.8. The number of hydrogen-bond donors (Lipinski definition) is 2. The zero-order valence-electron chi connectivity index (χ0n) is 13.9. The van der Waals surface area contributed by atoms with Crippen LogP contribution in [0.3, 0.4) is 0 Å². The van der Waals surface area contributed by atoms with Gasteiger partial charge in [0.05, 0.1) is 0 Å². The molecule has 26 heavy (non-hydrogen) atoms. The number of benzene rings is 2. The van der Waals surface area contributed by atoms with Crippen LogP contribution in [0, 0.1) is 6.92 Å². The van der Waals surface area contributed by atoms with E-state index in [9.17, 15) is 9.59 Å². The number of oxazole rings is 1. The summed E-state index contributed by atoms with van der Waals surface area (Å²) in [7, 11) is 0. The summed E-state index contributed by atoms with van der Waals surface area (Å²) in [6.07, 6.45) is 0. The molecule has 2 aromatic carbocycles. The molecular formula is C20H15N3O3. The third-order valence-electron chi connectivity index (χ3n) is 4.03. The van der Waals surface area contributed by atoms with Crippen molar-refractivity contribution in [2.75, 3.05) is 5.32 Å². The Bertz CT molecular complexity index is 1170. The molecule has 0 bridgehead atoms. The summed E-state index contributed by atoms with van der Waals surface area (Å²) in [6, 6.07) is 17.5. The van der Waals surface area contributed by atoms with Crippen LogP contribution in [-0.4, -0.2) is 15.9 Å². The first-order valence-electron chi connectivity index (χ1n) is 8.07. The first-order valence-corrected chi connectivity index (χ1v) is 8.07. The normalized spacial score (nSPS) is 10.8. The van der Waals surface area contributed by atoms with E-state index in [4.69, 9.17) is 4.42 Å². The van der Waals surface area contributed by atoms with Gasteiger partial charge in [0.15, 0.2) is 5.58 Å². The molecule has 2 N–H and O–H groups in total. The maximum Gasteiger partial charge on any atom is 0.272 e. The van der Waals surface area contributed by atoms with Crippen LogP contribution in [0.2, 0.25) is 0 Å². The van der Waals surface area contributed by atoms with E-state index in [0.29, 0.717) is 22.7 Å². The van der Waals surface area contributed by atoms with Gasteiger partial charge in [-0.15, -0.1) is 0 Å². The fourth-order valence-corrected chi connectivity index (χ4v) is 2.71. The Kier molecular flexibility index (Phi) is 3.85. The molecule has 6 nitrogen and oxygen atoms in total. The van der Waals surface area contributed by atoms with Crippen LogP contribution in [-0.2, 0) is 0 Å². The lowest BCUT2D eigenvalue weighted by atomic mass is 10.1. The number of fused-ring (bicyclic) bond motifs is 1. The lowest BCUT2D eigenvalue weighted by Crippen LogP contribution is -2.17. The van der Waals surface area contributed by atoms with Crippen molar-refractivity contribution in [3.8, 4) is 11.5 Å². The minimum atomic E-state index is -0.402. The van der Waals surface area contributed by atoms with Crippen molar-refractivity contribution in [2.45, 2.75) is 6.92 Å². The molecular weight excluding hydrogens is 330 g/mol. The number of aromatic amines is 1. The number of H-pyrrole nitrogens is 1. The smallest absolute Gasteiger partial charge is 0.272 e. The highest BCUT2D eigenvalue weighted by molar-refractivity contribution is 6.03. The van der Waals surface area contributed by atoms with Gasteiger partial charge in [-0.2, -0.15) is 0 Å². The number of amides is 1. The number of aryl methyl sites for hydroxylation is 1. The number of rotatable bonds is 3. The Morgan fingerprint density at radius 1 is 1.08 bits per heavy atom. The average Bonchev–Trinajstić information content (AvgIpc) is 3.05. The molecule has 6 heteroatoms. The highest BCUT2D eigenvalue weighted by Crippen LogP contribution is 2.28. The SMILES string of the molecule is Cc1ccccc1-c1nc2ccc(NC(=O)c3cccc(=O)[nH]3)cc2o1. The highest BCUT2D eigenvalue weighted by Gasteiger charge is 2.12. The van der Waals surface area contributed by atoms with Crippen LogP contribution in [0.25, 0.3) is 22.6 Å². The quantitative estimate of drug-likeness (QED) is 0.592. The molecule has 4 rings (SSSR count). The number of carbonyl (C=O) groups excluding carboxylic acids is 1. The molecule has 0 unspecified atom stereocenters. The molecule has 2 aromatic heterocycles. The van der Waals surface area contributed by atoms with Crippen LogP contribution in [0.5, 0.6) is 0 Å². The molecule has 0 aliphatic heterocycles. The third-order valence-corrected chi connectivity index (χ3v) is 4.03. The summed E-state index contributed by atoms with van der Waals surface area (Å²) < 4.78 is 5.86. The van der Waals surface area contributed by atoms with E-state index in [1.54, 1.807) is 24.3 Å². The van der Waals surface area contributed by atoms with Crippen molar-refractivity contribution in [1.29, 1.82) is 0 Å². The molecule has 128 valence electrons. The van der Waals surface area contributed by atoms with E-state index in [2.05, 4.69) is 15.3 Å². The second kappa shape index (κ2) is 6.33. The van der Waals surface area contributed by atoms with Crippen molar-refractivity contribution in [3.05, 3.63) is 82.3 Å². The van der Waals surface area contributed by atoms with Crippen molar-refractivity contribution < 1.29 is 9.21 Å². The molecule has 4 aromatic rings. The van der Waals surface area contributed by atoms with Gasteiger partial charge in [-0.1, -0.05) is 24.3 Å². The lowest BCUT2D eigenvalue weighted by Gasteiger charge is -2.04. The van der Waals surface area contributed by atoms with Gasteiger partial charge in [-0.3, -0.25) is 9.59 Å². The molecule has 0 spiro atoms. The van der Waals surface area contributed by atoms with Crippen LogP contribution < -0.4 is 10.9 Å². The van der Waals surface area contributed by atoms with Crippen molar-refractivity contribution in [1.82, 2.24) is 9.97 Å². The second-order valence-corrected chi connectivity index (χ2v) is 5.90. The fourth-order valence-electron chi connectivity index (χ4n) is 2.71. The Labute approximate surface area is 148 Å². The second-order valence-electron chi connectivity index (χ2n) is 5.90. The number of nitrogens with zero attached hydrogens (tertiary/aromatic N) is 1. The van der Waals surface area contributed by atoms with E-state index < -0.39 is 5.91 Å². The van der Waals surface area contributed by atoms with Crippen molar-refractivity contribution in [3.63, 3.8) is 0 Å². The van der Waals surface area contributed by atoms with Gasteiger partial charge in [-0.25, -0.2) is 4.98 Å². The van der Waals surface area contributed by atoms with E-state index in [0.717, 1.165) is 11.1 Å². The Morgan fingerprint density at radius 2 is 1.92 bits per heavy atom. The summed E-state index contributed by atoms with van der Waals surface area (Å²) in [5.41, 5.74) is 3.69. The van der Waals surface area contributed by atoms with E-state index in [1.807, 2.05) is 31.2 Å². The number of pyridine rings is 1. The summed E-state index contributed by atoms with van der Waals surface area (Å²) in [5.74, 6) is 0.134. The molecule has 0 saturated carbocycles. The van der Waals surface area contributed by atoms with E-state index in [1.165, 1.54) is 12.1 Å². The van der Waals surface area contributed by atoms with Crippen molar-refractivity contribution in [2.24, 2.45) is 0 Å². The fraction of sp³-hybridized carbons (Fsp3) is 0.0500. The Hall–Kier alpha value is -3.67. The standard InChI is InChI=1S/C20H15N3O3/c1-12-5-2-3-6-14(12)20-23-15-10-9-13(11-17(15)26-20)21-19(25)16-7-4-8-18(24)22-16/h2-11H,1H3,(H,21,25)(H,22,24). The molecule has 0 saturated heterocycles. The summed E-state index contributed by atoms with van der Waals surface area (Å²) in [6.45, 7) is 2.00. The predicted molar refractivity (Wildman–Crippen MR) is 99.2 cm³/mol. The van der Waals surface area contributed by atoms with E-state index >= 15 is 0 Å². The molecule has 0 aliphatic carbocycles. The zero-order valence-corrected chi connectivity index (χ0v) is 13.9. The summed E-state index contributed by atoms with van der Waals surface area (Å²) in [5, 5.41) is 2.74. The maximum atomic E-state index is 12.2. The number of nitrogens with one attached hydrogen (secondary N) is 2. The molecule has 0 aliphatic rings. The molecule has 2 heterocycles. The largest absolute Gasteiger partial charge is 0.436 e. The van der Waals surface area contributed by atoms with E-state index in [-0.39, 0.29) is 11.3 Å².